The molecule has 0 amide bonds. The van der Waals surface area contributed by atoms with Gasteiger partial charge >= 0.3 is 0 Å². The van der Waals surface area contributed by atoms with E-state index in [1.54, 1.807) is 0 Å². The lowest BCUT2D eigenvalue weighted by Crippen LogP contribution is -3.00. The minimum absolute atomic E-state index is 0. The third-order valence-electron chi connectivity index (χ3n) is 6.01. The summed E-state index contributed by atoms with van der Waals surface area (Å²) in [5.74, 6) is 0. The van der Waals surface area contributed by atoms with Crippen LogP contribution in [0.25, 0.3) is 0 Å². The number of nitrogens with zero attached hydrogens (tertiary/aromatic N) is 2. The number of halogens is 2. The first-order valence-electron chi connectivity index (χ1n) is 12.0. The highest BCUT2D eigenvalue weighted by Crippen LogP contribution is 2.12. The quantitative estimate of drug-likeness (QED) is 0.113. The van der Waals surface area contributed by atoms with Crippen LogP contribution >= 0.6 is 0 Å². The fourth-order valence-corrected chi connectivity index (χ4v) is 3.94. The Labute approximate surface area is 213 Å². The molecule has 0 N–H and O–H groups in total. The van der Waals surface area contributed by atoms with Crippen LogP contribution in [0.1, 0.15) is 104 Å². The molecule has 0 saturated carbocycles. The first-order valence-corrected chi connectivity index (χ1v) is 12.0. The highest BCUT2D eigenvalue weighted by molar-refractivity contribution is 4.48. The molecule has 0 unspecified atom stereocenters. The Kier molecular flexibility index (Phi) is 26.2. The van der Waals surface area contributed by atoms with Crippen LogP contribution in [0.5, 0.6) is 0 Å². The molecule has 0 spiro atoms. The Hall–Kier alpha value is 1.38. The fraction of sp³-hybridized carbons (Fsp3) is 1.00. The van der Waals surface area contributed by atoms with E-state index in [9.17, 15) is 0 Å². The number of hydrogen-bond acceptors (Lipinski definition) is 0. The van der Waals surface area contributed by atoms with Crippen molar-refractivity contribution in [3.8, 4) is 0 Å². The van der Waals surface area contributed by atoms with Crippen LogP contribution in [0.3, 0.4) is 0 Å². The first kappa shape index (κ1) is 34.0. The van der Waals surface area contributed by atoms with Crippen molar-refractivity contribution in [1.29, 1.82) is 0 Å². The van der Waals surface area contributed by atoms with E-state index >= 15 is 0 Å². The van der Waals surface area contributed by atoms with Crippen molar-refractivity contribution in [1.82, 2.24) is 0 Å². The molecule has 2 nitrogen and oxygen atoms in total. The largest absolute Gasteiger partial charge is 1.00 e. The zero-order chi connectivity index (χ0) is 19.7. The van der Waals surface area contributed by atoms with Crippen molar-refractivity contribution < 1.29 is 56.9 Å². The molecule has 0 heterocycles. The summed E-state index contributed by atoms with van der Waals surface area (Å²) >= 11 is 0. The molecule has 28 heavy (non-hydrogen) atoms. The maximum atomic E-state index is 2.43. The van der Waals surface area contributed by atoms with E-state index in [0.29, 0.717) is 0 Å². The molecule has 0 aromatic heterocycles. The Morgan fingerprint density at radius 1 is 0.357 bits per heavy atom. The van der Waals surface area contributed by atoms with Crippen LogP contribution in [0.2, 0.25) is 0 Å². The average Bonchev–Trinajstić information content (AvgIpc) is 2.57. The summed E-state index contributed by atoms with van der Waals surface area (Å²) in [5.41, 5.74) is 0. The Bertz CT molecular complexity index is 277. The zero-order valence-electron chi connectivity index (χ0n) is 20.4. The van der Waals surface area contributed by atoms with E-state index in [4.69, 9.17) is 0 Å². The van der Waals surface area contributed by atoms with Crippen molar-refractivity contribution in [2.24, 2.45) is 0 Å². The minimum Gasteiger partial charge on any atom is -1.00 e. The minimum atomic E-state index is 0. The molecule has 0 aliphatic carbocycles. The van der Waals surface area contributed by atoms with E-state index in [2.05, 4.69) is 42.0 Å². The van der Waals surface area contributed by atoms with Gasteiger partial charge in [-0.2, -0.15) is 0 Å². The molecule has 0 aromatic rings. The summed E-state index contributed by atoms with van der Waals surface area (Å²) < 4.78 is 2.46. The van der Waals surface area contributed by atoms with Gasteiger partial charge in [-0.3, -0.25) is 0 Å². The second kappa shape index (κ2) is 21.6. The number of rotatable bonds is 19. The molecule has 0 aromatic carbocycles. The predicted octanol–water partition coefficient (Wildman–Crippen LogP) is 0.648. The summed E-state index contributed by atoms with van der Waals surface area (Å²) in [6, 6.07) is 0. The standard InChI is InChI=1S/C24H54N2.2HI/c1-7-9-11-13-17-21-25(3,4)23-19-15-16-20-24-26(5,6)22-18-14-12-10-8-2;;/h7-24H2,1-6H3;2*1H/q+2;;/p-2. The van der Waals surface area contributed by atoms with Gasteiger partial charge in [-0.25, -0.2) is 0 Å². The van der Waals surface area contributed by atoms with Gasteiger partial charge in [0.2, 0.25) is 0 Å². The van der Waals surface area contributed by atoms with Gasteiger partial charge in [0.05, 0.1) is 54.4 Å². The van der Waals surface area contributed by atoms with Gasteiger partial charge in [0.25, 0.3) is 0 Å². The topological polar surface area (TPSA) is 0 Å². The predicted molar refractivity (Wildman–Crippen MR) is 120 cm³/mol. The molecular weight excluding hydrogens is 570 g/mol. The molecule has 4 heteroatoms. The third-order valence-corrected chi connectivity index (χ3v) is 6.01. The Balaban J connectivity index is -0.00000312. The van der Waals surface area contributed by atoms with Gasteiger partial charge in [0, 0.05) is 0 Å². The smallest absolute Gasteiger partial charge is 0.0782 e. The molecule has 0 saturated heterocycles. The van der Waals surface area contributed by atoms with Gasteiger partial charge in [0.1, 0.15) is 0 Å². The SMILES string of the molecule is CCCCCCC[N+](C)(C)CCCCCC[N+](C)(C)CCCCCCC.[I-].[I-]. The normalized spacial score (nSPS) is 11.8. The molecular formula is C24H54I2N2. The molecule has 0 aliphatic heterocycles. The van der Waals surface area contributed by atoms with Crippen molar-refractivity contribution in [3.05, 3.63) is 0 Å². The third kappa shape index (κ3) is 23.7. The van der Waals surface area contributed by atoms with Crippen molar-refractivity contribution >= 4 is 0 Å². The van der Waals surface area contributed by atoms with Crippen LogP contribution in [0.4, 0.5) is 0 Å². The van der Waals surface area contributed by atoms with Crippen molar-refractivity contribution in [3.63, 3.8) is 0 Å². The van der Waals surface area contributed by atoms with Crippen LogP contribution < -0.4 is 48.0 Å². The summed E-state index contributed by atoms with van der Waals surface area (Å²) in [7, 11) is 9.72. The fourth-order valence-electron chi connectivity index (χ4n) is 3.94. The highest BCUT2D eigenvalue weighted by Gasteiger charge is 2.15. The van der Waals surface area contributed by atoms with E-state index in [1.165, 1.54) is 125 Å². The lowest BCUT2D eigenvalue weighted by atomic mass is 10.1. The monoisotopic (exact) mass is 624 g/mol. The lowest BCUT2D eigenvalue weighted by Gasteiger charge is -2.31. The second-order valence-electron chi connectivity index (χ2n) is 10.0. The molecule has 174 valence electrons. The summed E-state index contributed by atoms with van der Waals surface area (Å²) in [5, 5.41) is 0. The van der Waals surface area contributed by atoms with Gasteiger partial charge < -0.3 is 56.9 Å². The van der Waals surface area contributed by atoms with E-state index in [-0.39, 0.29) is 48.0 Å². The highest BCUT2D eigenvalue weighted by atomic mass is 127. The maximum Gasteiger partial charge on any atom is 0.0782 e. The van der Waals surface area contributed by atoms with Crippen molar-refractivity contribution in [2.75, 3.05) is 54.4 Å². The number of quaternary nitrogens is 2. The first-order chi connectivity index (χ1) is 12.3. The summed E-state index contributed by atoms with van der Waals surface area (Å²) in [4.78, 5) is 0. The van der Waals surface area contributed by atoms with E-state index in [0.717, 1.165) is 0 Å². The Morgan fingerprint density at radius 3 is 0.786 bits per heavy atom. The summed E-state index contributed by atoms with van der Waals surface area (Å²) in [6.07, 6.45) is 19.8. The maximum absolute atomic E-state index is 2.43. The Morgan fingerprint density at radius 2 is 0.571 bits per heavy atom. The van der Waals surface area contributed by atoms with Crippen molar-refractivity contribution in [2.45, 2.75) is 104 Å². The van der Waals surface area contributed by atoms with Crippen LogP contribution in [-0.4, -0.2) is 63.3 Å². The molecule has 0 fully saturated rings. The zero-order valence-corrected chi connectivity index (χ0v) is 24.7. The summed E-state index contributed by atoms with van der Waals surface area (Å²) in [6.45, 7) is 10.1. The van der Waals surface area contributed by atoms with Crippen LogP contribution in [0, 0.1) is 0 Å². The number of hydrogen-bond donors (Lipinski definition) is 0. The molecule has 0 aliphatic rings. The van der Waals surface area contributed by atoms with Crippen LogP contribution in [0.15, 0.2) is 0 Å². The molecule has 0 bridgehead atoms. The van der Waals surface area contributed by atoms with E-state index in [1.807, 2.05) is 0 Å². The molecule has 0 rings (SSSR count). The average molecular weight is 625 g/mol. The van der Waals surface area contributed by atoms with Gasteiger partial charge in [-0.05, 0) is 51.4 Å². The van der Waals surface area contributed by atoms with Crippen LogP contribution in [-0.2, 0) is 0 Å². The van der Waals surface area contributed by atoms with Gasteiger partial charge in [-0.1, -0.05) is 52.4 Å². The molecule has 0 atom stereocenters. The lowest BCUT2D eigenvalue weighted by molar-refractivity contribution is -0.891. The molecule has 0 radical (unpaired) electrons. The van der Waals surface area contributed by atoms with E-state index < -0.39 is 0 Å². The van der Waals surface area contributed by atoms with Gasteiger partial charge in [0.15, 0.2) is 0 Å². The second-order valence-corrected chi connectivity index (χ2v) is 10.0. The number of unbranched alkanes of at least 4 members (excludes halogenated alkanes) is 11. The van der Waals surface area contributed by atoms with Gasteiger partial charge in [-0.15, -0.1) is 0 Å².